The third kappa shape index (κ3) is 9.03. The molecule has 4 heteroatoms. The van der Waals surface area contributed by atoms with Crippen LogP contribution in [0.15, 0.2) is 0 Å². The molecule has 0 atom stereocenters. The minimum Gasteiger partial charge on any atom is -0.477 e. The molecule has 1 heterocycles. The van der Waals surface area contributed by atoms with Gasteiger partial charge in [0.2, 0.25) is 0 Å². The van der Waals surface area contributed by atoms with Crippen LogP contribution in [-0.2, 0) is 14.3 Å². The Labute approximate surface area is 148 Å². The van der Waals surface area contributed by atoms with Gasteiger partial charge in [-0.2, -0.15) is 0 Å². The van der Waals surface area contributed by atoms with E-state index in [0.717, 1.165) is 18.8 Å². The smallest absolute Gasteiger partial charge is 0.364 e. The summed E-state index contributed by atoms with van der Waals surface area (Å²) in [6.07, 6.45) is 15.8. The van der Waals surface area contributed by atoms with Crippen molar-refractivity contribution in [3.8, 4) is 0 Å². The zero-order valence-corrected chi connectivity index (χ0v) is 15.9. The van der Waals surface area contributed by atoms with Crippen LogP contribution in [0.2, 0.25) is 0 Å². The monoisotopic (exact) mass is 342 g/mol. The fraction of sp³-hybridized carbons (Fsp3) is 0.950. The molecule has 1 fully saturated rings. The Morgan fingerprint density at radius 1 is 0.833 bits per heavy atom. The topological polar surface area (TPSA) is 55.8 Å². The second kappa shape index (κ2) is 12.7. The summed E-state index contributed by atoms with van der Waals surface area (Å²) in [5.41, 5.74) is 0. The highest BCUT2D eigenvalue weighted by Crippen LogP contribution is 2.26. The summed E-state index contributed by atoms with van der Waals surface area (Å²) < 4.78 is 10.6. The molecule has 1 aliphatic heterocycles. The average Bonchev–Trinajstić information content (AvgIpc) is 3.02. The summed E-state index contributed by atoms with van der Waals surface area (Å²) in [5.74, 6) is -1.48. The van der Waals surface area contributed by atoms with Gasteiger partial charge in [0.25, 0.3) is 5.79 Å². The lowest BCUT2D eigenvalue weighted by molar-refractivity contribution is -0.203. The van der Waals surface area contributed by atoms with Crippen LogP contribution in [0.3, 0.4) is 0 Å². The fourth-order valence-electron chi connectivity index (χ4n) is 3.33. The molecule has 0 amide bonds. The lowest BCUT2D eigenvalue weighted by atomic mass is 10.0. The minimum absolute atomic E-state index is 0.393. The van der Waals surface area contributed by atoms with E-state index in [4.69, 9.17) is 9.47 Å². The summed E-state index contributed by atoms with van der Waals surface area (Å²) in [6, 6.07) is 0. The van der Waals surface area contributed by atoms with Crippen LogP contribution in [0.25, 0.3) is 0 Å². The highest BCUT2D eigenvalue weighted by Gasteiger charge is 2.44. The van der Waals surface area contributed by atoms with E-state index in [1.807, 2.05) is 0 Å². The van der Waals surface area contributed by atoms with Crippen LogP contribution >= 0.6 is 0 Å². The van der Waals surface area contributed by atoms with Gasteiger partial charge in [0, 0.05) is 6.42 Å². The molecule has 0 aliphatic carbocycles. The van der Waals surface area contributed by atoms with Crippen LogP contribution in [0.1, 0.15) is 97.3 Å². The molecule has 0 spiro atoms. The number of carboxylic acids is 1. The van der Waals surface area contributed by atoms with E-state index in [0.29, 0.717) is 19.6 Å². The molecule has 0 aromatic rings. The number of rotatable bonds is 15. The molecule has 0 unspecified atom stereocenters. The van der Waals surface area contributed by atoms with E-state index in [-0.39, 0.29) is 0 Å². The molecule has 0 bridgehead atoms. The van der Waals surface area contributed by atoms with Gasteiger partial charge in [0.1, 0.15) is 0 Å². The Morgan fingerprint density at radius 3 is 1.67 bits per heavy atom. The van der Waals surface area contributed by atoms with Gasteiger partial charge in [0.15, 0.2) is 0 Å². The van der Waals surface area contributed by atoms with Crippen molar-refractivity contribution < 1.29 is 19.4 Å². The zero-order valence-electron chi connectivity index (χ0n) is 15.9. The van der Waals surface area contributed by atoms with Gasteiger partial charge in [-0.25, -0.2) is 4.79 Å². The van der Waals surface area contributed by atoms with Gasteiger partial charge < -0.3 is 14.6 Å². The quantitative estimate of drug-likeness (QED) is 0.397. The van der Waals surface area contributed by atoms with Gasteiger partial charge >= 0.3 is 5.97 Å². The van der Waals surface area contributed by atoms with E-state index in [1.165, 1.54) is 64.2 Å². The predicted octanol–water partition coefficient (Wildman–Crippen LogP) is 5.54. The molecule has 4 nitrogen and oxygen atoms in total. The Morgan fingerprint density at radius 2 is 1.25 bits per heavy atom. The summed E-state index contributed by atoms with van der Waals surface area (Å²) >= 11 is 0. The molecular formula is C20H38O4. The minimum atomic E-state index is -1.35. The summed E-state index contributed by atoms with van der Waals surface area (Å²) in [4.78, 5) is 11.2. The first-order valence-corrected chi connectivity index (χ1v) is 10.1. The van der Waals surface area contributed by atoms with Crippen molar-refractivity contribution in [3.63, 3.8) is 0 Å². The van der Waals surface area contributed by atoms with Crippen LogP contribution in [0.4, 0.5) is 0 Å². The molecule has 24 heavy (non-hydrogen) atoms. The van der Waals surface area contributed by atoms with Crippen LogP contribution in [0.5, 0.6) is 0 Å². The van der Waals surface area contributed by atoms with Crippen LogP contribution in [0, 0.1) is 5.92 Å². The second-order valence-corrected chi connectivity index (χ2v) is 7.58. The van der Waals surface area contributed by atoms with Gasteiger partial charge in [-0.1, -0.05) is 84.5 Å². The molecule has 0 radical (unpaired) electrons. The molecule has 1 aliphatic rings. The highest BCUT2D eigenvalue weighted by molar-refractivity contribution is 5.75. The summed E-state index contributed by atoms with van der Waals surface area (Å²) in [6.45, 7) is 5.39. The second-order valence-electron chi connectivity index (χ2n) is 7.58. The van der Waals surface area contributed by atoms with Crippen molar-refractivity contribution >= 4 is 5.97 Å². The number of unbranched alkanes of at least 4 members (excludes halogenated alkanes) is 10. The Bertz CT molecular complexity index is 322. The lowest BCUT2D eigenvalue weighted by Gasteiger charge is -2.21. The first-order valence-electron chi connectivity index (χ1n) is 10.1. The normalized spacial score (nSPS) is 16.8. The highest BCUT2D eigenvalue weighted by atomic mass is 16.8. The third-order valence-electron chi connectivity index (χ3n) is 4.87. The molecule has 0 aromatic carbocycles. The molecule has 0 saturated carbocycles. The first-order chi connectivity index (χ1) is 11.6. The molecule has 1 saturated heterocycles. The van der Waals surface area contributed by atoms with Gasteiger partial charge in [-0.3, -0.25) is 0 Å². The Balaban J connectivity index is 1.85. The number of carbonyl (C=O) groups is 1. The summed E-state index contributed by atoms with van der Waals surface area (Å²) in [5, 5.41) is 9.22. The molecule has 0 aromatic heterocycles. The van der Waals surface area contributed by atoms with Crippen molar-refractivity contribution in [3.05, 3.63) is 0 Å². The molecule has 1 rings (SSSR count). The van der Waals surface area contributed by atoms with E-state index in [9.17, 15) is 9.90 Å². The van der Waals surface area contributed by atoms with Gasteiger partial charge in [0.05, 0.1) is 13.2 Å². The van der Waals surface area contributed by atoms with Crippen molar-refractivity contribution in [2.45, 2.75) is 103 Å². The number of hydrogen-bond acceptors (Lipinski definition) is 3. The number of aliphatic carboxylic acids is 1. The maximum absolute atomic E-state index is 11.2. The van der Waals surface area contributed by atoms with Crippen molar-refractivity contribution in [1.82, 2.24) is 0 Å². The van der Waals surface area contributed by atoms with Crippen LogP contribution in [-0.4, -0.2) is 30.1 Å². The fourth-order valence-corrected chi connectivity index (χ4v) is 3.33. The zero-order chi connectivity index (χ0) is 17.7. The van der Waals surface area contributed by atoms with Crippen molar-refractivity contribution in [1.29, 1.82) is 0 Å². The van der Waals surface area contributed by atoms with Crippen LogP contribution < -0.4 is 0 Å². The van der Waals surface area contributed by atoms with Crippen molar-refractivity contribution in [2.75, 3.05) is 13.2 Å². The van der Waals surface area contributed by atoms with Gasteiger partial charge in [-0.05, 0) is 12.3 Å². The lowest BCUT2D eigenvalue weighted by Crippen LogP contribution is -2.39. The first kappa shape index (κ1) is 21.4. The Hall–Kier alpha value is -0.610. The largest absolute Gasteiger partial charge is 0.477 e. The van der Waals surface area contributed by atoms with Crippen molar-refractivity contribution in [2.24, 2.45) is 5.92 Å². The molecule has 1 N–H and O–H groups in total. The Kier molecular flexibility index (Phi) is 11.4. The number of carboxylic acid groups (broad SMARTS) is 1. The van der Waals surface area contributed by atoms with Gasteiger partial charge in [-0.15, -0.1) is 0 Å². The maximum atomic E-state index is 11.2. The SMILES string of the molecule is CC(C)CCCCCCCCCCCCCC1(C(=O)O)OCCO1. The predicted molar refractivity (Wildman–Crippen MR) is 97.1 cm³/mol. The van der Waals surface area contributed by atoms with E-state index in [1.54, 1.807) is 0 Å². The standard InChI is InChI=1S/C20H38O4/c1-18(2)14-12-10-8-6-4-3-5-7-9-11-13-15-20(19(21)22)23-16-17-24-20/h18H,3-17H2,1-2H3,(H,21,22). The number of ether oxygens (including phenoxy) is 2. The van der Waals surface area contributed by atoms with E-state index < -0.39 is 11.8 Å². The molecular weight excluding hydrogens is 304 g/mol. The molecule has 142 valence electrons. The third-order valence-corrected chi connectivity index (χ3v) is 4.87. The average molecular weight is 343 g/mol. The van der Waals surface area contributed by atoms with E-state index >= 15 is 0 Å². The number of hydrogen-bond donors (Lipinski definition) is 1. The maximum Gasteiger partial charge on any atom is 0.364 e. The van der Waals surface area contributed by atoms with E-state index in [2.05, 4.69) is 13.8 Å². The summed E-state index contributed by atoms with van der Waals surface area (Å²) in [7, 11) is 0.